The lowest BCUT2D eigenvalue weighted by molar-refractivity contribution is 0.220. The first-order chi connectivity index (χ1) is 11.7. The van der Waals surface area contributed by atoms with Crippen molar-refractivity contribution in [3.05, 3.63) is 96.2 Å². The van der Waals surface area contributed by atoms with Gasteiger partial charge in [-0.05, 0) is 23.4 Å². The molecule has 0 atom stereocenters. The summed E-state index contributed by atoms with van der Waals surface area (Å²) in [5.41, 5.74) is 4.14. The average molecular weight is 337 g/mol. The molecule has 0 saturated heterocycles. The number of benzene rings is 2. The normalized spacial score (nSPS) is 12.0. The fraction of sp³-hybridized carbons (Fsp3) is 0.143. The number of hydrogen-bond donors (Lipinski definition) is 0. The fourth-order valence-corrected chi connectivity index (χ4v) is 3.26. The highest BCUT2D eigenvalue weighted by Crippen LogP contribution is 2.10. The minimum absolute atomic E-state index is 0.520. The maximum Gasteiger partial charge on any atom is 0.361 e. The molecule has 124 valence electrons. The zero-order chi connectivity index (χ0) is 17.1. The molecule has 0 fully saturated rings. The molecule has 2 nitrogen and oxygen atoms in total. The summed E-state index contributed by atoms with van der Waals surface area (Å²) in [5, 5.41) is 0. The van der Waals surface area contributed by atoms with Gasteiger partial charge in [0.2, 0.25) is 0 Å². The van der Waals surface area contributed by atoms with Crippen LogP contribution in [0.1, 0.15) is 11.1 Å². The third-order valence-electron chi connectivity index (χ3n) is 3.52. The largest absolute Gasteiger partial charge is 0.388 e. The zero-order valence-corrected chi connectivity index (χ0v) is 15.1. The van der Waals surface area contributed by atoms with Crippen LogP contribution in [-0.2, 0) is 8.85 Å². The van der Waals surface area contributed by atoms with Gasteiger partial charge in [-0.25, -0.2) is 0 Å². The van der Waals surface area contributed by atoms with Crippen LogP contribution in [0, 0.1) is 0 Å². The van der Waals surface area contributed by atoms with Crippen molar-refractivity contribution in [3.63, 3.8) is 0 Å². The molecule has 0 N–H and O–H groups in total. The molecule has 0 aliphatic rings. The smallest absolute Gasteiger partial charge is 0.361 e. The van der Waals surface area contributed by atoms with Gasteiger partial charge in [-0.1, -0.05) is 85.0 Å². The Morgan fingerprint density at radius 3 is 1.58 bits per heavy atom. The van der Waals surface area contributed by atoms with Crippen LogP contribution in [0.2, 0.25) is 6.55 Å². The molecule has 0 amide bonds. The molecule has 3 heteroatoms. The second-order valence-electron chi connectivity index (χ2n) is 5.47. The molecular weight excluding hydrogens is 312 g/mol. The van der Waals surface area contributed by atoms with Gasteiger partial charge in [0.1, 0.15) is 0 Å². The molecule has 0 spiro atoms. The van der Waals surface area contributed by atoms with Crippen LogP contribution in [0.4, 0.5) is 0 Å². The second-order valence-corrected chi connectivity index (χ2v) is 8.49. The molecule has 0 aromatic heterocycles. The van der Waals surface area contributed by atoms with Crippen LogP contribution in [-0.4, -0.2) is 21.8 Å². The summed E-state index contributed by atoms with van der Waals surface area (Å²) in [7, 11) is -2.34. The lowest BCUT2D eigenvalue weighted by Crippen LogP contribution is -2.36. The summed E-state index contributed by atoms with van der Waals surface area (Å²) in [6.45, 7) is 6.92. The van der Waals surface area contributed by atoms with Crippen LogP contribution in [0.5, 0.6) is 0 Å². The van der Waals surface area contributed by atoms with E-state index < -0.39 is 8.56 Å². The van der Waals surface area contributed by atoms with Crippen molar-refractivity contribution in [2.45, 2.75) is 6.55 Å². The lowest BCUT2D eigenvalue weighted by Gasteiger charge is -2.21. The maximum atomic E-state index is 5.93. The van der Waals surface area contributed by atoms with Gasteiger partial charge in [0.15, 0.2) is 0 Å². The molecule has 24 heavy (non-hydrogen) atoms. The Morgan fingerprint density at radius 1 is 0.792 bits per heavy atom. The van der Waals surface area contributed by atoms with E-state index in [9.17, 15) is 0 Å². The monoisotopic (exact) mass is 336 g/mol. The lowest BCUT2D eigenvalue weighted by atomic mass is 10.2. The van der Waals surface area contributed by atoms with E-state index in [2.05, 4.69) is 30.8 Å². The standard InChI is InChI=1S/C21H24O2Si/c1-3-24(2,22-18-10-16-20-12-6-4-7-13-20)23-19-11-17-21-14-8-5-9-15-21/h3-17H,1,18-19H2,2H3/b16-10+,17-11+. The minimum atomic E-state index is -2.34. The molecule has 2 rings (SSSR count). The number of hydrogen-bond acceptors (Lipinski definition) is 2. The Bertz CT molecular complexity index is 609. The van der Waals surface area contributed by atoms with Crippen LogP contribution < -0.4 is 0 Å². The van der Waals surface area contributed by atoms with Crippen molar-refractivity contribution in [3.8, 4) is 0 Å². The summed E-state index contributed by atoms with van der Waals surface area (Å²) < 4.78 is 11.9. The highest BCUT2D eigenvalue weighted by molar-refractivity contribution is 6.71. The van der Waals surface area contributed by atoms with E-state index in [1.165, 1.54) is 0 Å². The summed E-state index contributed by atoms with van der Waals surface area (Å²) in [4.78, 5) is 0. The quantitative estimate of drug-likeness (QED) is 0.583. The van der Waals surface area contributed by atoms with Crippen LogP contribution in [0.25, 0.3) is 12.2 Å². The van der Waals surface area contributed by atoms with E-state index in [0.29, 0.717) is 13.2 Å². The van der Waals surface area contributed by atoms with Crippen LogP contribution in [0.15, 0.2) is 85.1 Å². The fourth-order valence-electron chi connectivity index (χ4n) is 2.08. The average Bonchev–Trinajstić information content (AvgIpc) is 2.64. The Balaban J connectivity index is 1.77. The third-order valence-corrected chi connectivity index (χ3v) is 5.74. The molecule has 0 radical (unpaired) electrons. The highest BCUT2D eigenvalue weighted by atomic mass is 28.4. The van der Waals surface area contributed by atoms with E-state index >= 15 is 0 Å². The Kier molecular flexibility index (Phi) is 7.43. The topological polar surface area (TPSA) is 18.5 Å². The van der Waals surface area contributed by atoms with E-state index in [4.69, 9.17) is 8.85 Å². The maximum absolute atomic E-state index is 5.93. The van der Waals surface area contributed by atoms with Gasteiger partial charge in [0.05, 0.1) is 13.2 Å². The predicted molar refractivity (Wildman–Crippen MR) is 105 cm³/mol. The Morgan fingerprint density at radius 2 is 1.21 bits per heavy atom. The van der Waals surface area contributed by atoms with E-state index in [1.54, 1.807) is 0 Å². The van der Waals surface area contributed by atoms with Gasteiger partial charge in [-0.2, -0.15) is 0 Å². The van der Waals surface area contributed by atoms with Gasteiger partial charge in [-0.15, -0.1) is 6.58 Å². The van der Waals surface area contributed by atoms with E-state index in [0.717, 1.165) is 11.1 Å². The van der Waals surface area contributed by atoms with Gasteiger partial charge in [-0.3, -0.25) is 0 Å². The molecule has 0 aliphatic heterocycles. The van der Waals surface area contributed by atoms with Crippen molar-refractivity contribution in [1.82, 2.24) is 0 Å². The van der Waals surface area contributed by atoms with Gasteiger partial charge < -0.3 is 8.85 Å². The predicted octanol–water partition coefficient (Wildman–Crippen LogP) is 5.24. The molecular formula is C21H24O2Si. The van der Waals surface area contributed by atoms with Gasteiger partial charge in [0.25, 0.3) is 0 Å². The molecule has 2 aromatic carbocycles. The summed E-state index contributed by atoms with van der Waals surface area (Å²) in [5.74, 6) is 0. The van der Waals surface area contributed by atoms with Crippen molar-refractivity contribution < 1.29 is 8.85 Å². The van der Waals surface area contributed by atoms with Crippen molar-refractivity contribution in [1.29, 1.82) is 0 Å². The van der Waals surface area contributed by atoms with Crippen molar-refractivity contribution in [2.75, 3.05) is 13.2 Å². The molecule has 0 saturated carbocycles. The highest BCUT2D eigenvalue weighted by Gasteiger charge is 2.26. The summed E-state index contributed by atoms with van der Waals surface area (Å²) >= 11 is 0. The third kappa shape index (κ3) is 6.50. The first kappa shape index (κ1) is 18.1. The zero-order valence-electron chi connectivity index (χ0n) is 14.1. The van der Waals surface area contributed by atoms with Crippen molar-refractivity contribution >= 4 is 20.7 Å². The first-order valence-corrected chi connectivity index (χ1v) is 10.5. The minimum Gasteiger partial charge on any atom is -0.388 e. The molecule has 0 bridgehead atoms. The van der Waals surface area contributed by atoms with Gasteiger partial charge in [0, 0.05) is 0 Å². The Hall–Kier alpha value is -2.20. The van der Waals surface area contributed by atoms with Gasteiger partial charge >= 0.3 is 8.56 Å². The van der Waals surface area contributed by atoms with E-state index in [1.807, 2.05) is 72.9 Å². The first-order valence-electron chi connectivity index (χ1n) is 8.06. The Labute approximate surface area is 146 Å². The summed E-state index contributed by atoms with van der Waals surface area (Å²) in [6.07, 6.45) is 8.11. The van der Waals surface area contributed by atoms with Crippen LogP contribution >= 0.6 is 0 Å². The summed E-state index contributed by atoms with van der Waals surface area (Å²) in [6, 6.07) is 20.3. The molecule has 0 aliphatic carbocycles. The number of rotatable bonds is 9. The van der Waals surface area contributed by atoms with Crippen molar-refractivity contribution in [2.24, 2.45) is 0 Å². The second kappa shape index (κ2) is 9.83. The molecule has 0 unspecified atom stereocenters. The van der Waals surface area contributed by atoms with E-state index in [-0.39, 0.29) is 0 Å². The SMILES string of the molecule is C=C[Si](C)(OC/C=C/c1ccccc1)OC/C=C/c1ccccc1. The van der Waals surface area contributed by atoms with Crippen LogP contribution in [0.3, 0.4) is 0 Å². The molecule has 2 aromatic rings. The molecule has 0 heterocycles.